The Morgan fingerprint density at radius 2 is 2.12 bits per heavy atom. The summed E-state index contributed by atoms with van der Waals surface area (Å²) in [6.45, 7) is 5.06. The highest BCUT2D eigenvalue weighted by atomic mass is 16.5. The number of hydrogen-bond acceptors (Lipinski definition) is 5. The molecule has 3 rings (SSSR count). The van der Waals surface area contributed by atoms with Crippen LogP contribution in [0.3, 0.4) is 0 Å². The summed E-state index contributed by atoms with van der Waals surface area (Å²) in [7, 11) is 0. The highest BCUT2D eigenvalue weighted by Gasteiger charge is 2.39. The van der Waals surface area contributed by atoms with Crippen LogP contribution in [-0.2, 0) is 15.1 Å². The summed E-state index contributed by atoms with van der Waals surface area (Å²) in [5.74, 6) is -0.0417. The molecule has 0 radical (unpaired) electrons. The first-order valence-corrected chi connectivity index (χ1v) is 9.52. The average molecular weight is 350 g/mol. The Morgan fingerprint density at radius 1 is 1.36 bits per heavy atom. The van der Waals surface area contributed by atoms with Crippen LogP contribution in [0.2, 0.25) is 0 Å². The van der Waals surface area contributed by atoms with E-state index in [0.29, 0.717) is 18.7 Å². The van der Waals surface area contributed by atoms with Crippen molar-refractivity contribution in [3.8, 4) is 0 Å². The average Bonchev–Trinajstić information content (AvgIpc) is 3.12. The van der Waals surface area contributed by atoms with Crippen LogP contribution in [-0.4, -0.2) is 56.7 Å². The summed E-state index contributed by atoms with van der Waals surface area (Å²) in [4.78, 5) is 14.2. The van der Waals surface area contributed by atoms with Crippen LogP contribution < -0.4 is 0 Å². The number of carbonyl (C=O) groups excluding carboxylic acids is 1. The zero-order valence-electron chi connectivity index (χ0n) is 15.4. The zero-order chi connectivity index (χ0) is 17.9. The van der Waals surface area contributed by atoms with Crippen molar-refractivity contribution in [2.45, 2.75) is 76.5 Å². The van der Waals surface area contributed by atoms with Gasteiger partial charge in [-0.15, -0.1) is 5.10 Å². The standard InChI is InChI=1S/C18H30N4O3/c1-14(2)22-11-16(19-20-22)18(24)9-6-10-21(13-18)17(23)12-25-15-7-4-3-5-8-15/h11,14-15,24H,3-10,12-13H2,1-2H3/t18-/m0/s1. The number of hydrogen-bond donors (Lipinski definition) is 1. The largest absolute Gasteiger partial charge is 0.382 e. The molecular weight excluding hydrogens is 320 g/mol. The predicted molar refractivity (Wildman–Crippen MR) is 92.9 cm³/mol. The molecule has 1 aromatic rings. The van der Waals surface area contributed by atoms with E-state index >= 15 is 0 Å². The van der Waals surface area contributed by atoms with Gasteiger partial charge in [0.15, 0.2) is 0 Å². The van der Waals surface area contributed by atoms with Crippen LogP contribution in [0.25, 0.3) is 0 Å². The van der Waals surface area contributed by atoms with Gasteiger partial charge in [0.25, 0.3) is 0 Å². The van der Waals surface area contributed by atoms with Gasteiger partial charge in [0.1, 0.15) is 17.9 Å². The van der Waals surface area contributed by atoms with Crippen molar-refractivity contribution in [1.29, 1.82) is 0 Å². The molecule has 140 valence electrons. The molecule has 1 N–H and O–H groups in total. The monoisotopic (exact) mass is 350 g/mol. The third-order valence-electron chi connectivity index (χ3n) is 5.33. The Morgan fingerprint density at radius 3 is 2.80 bits per heavy atom. The lowest BCUT2D eigenvalue weighted by atomic mass is 9.90. The van der Waals surface area contributed by atoms with E-state index < -0.39 is 5.60 Å². The van der Waals surface area contributed by atoms with Gasteiger partial charge < -0.3 is 14.7 Å². The molecule has 0 aromatic carbocycles. The van der Waals surface area contributed by atoms with Gasteiger partial charge in [0.2, 0.25) is 5.91 Å². The molecule has 7 heteroatoms. The summed E-state index contributed by atoms with van der Waals surface area (Å²) < 4.78 is 7.54. The van der Waals surface area contributed by atoms with Crippen molar-refractivity contribution in [1.82, 2.24) is 19.9 Å². The summed E-state index contributed by atoms with van der Waals surface area (Å²) in [5, 5.41) is 19.2. The smallest absolute Gasteiger partial charge is 0.248 e. The van der Waals surface area contributed by atoms with Crippen molar-refractivity contribution in [2.75, 3.05) is 19.7 Å². The Balaban J connectivity index is 1.58. The molecule has 1 atom stereocenters. The highest BCUT2D eigenvalue weighted by molar-refractivity contribution is 5.77. The fourth-order valence-electron chi connectivity index (χ4n) is 3.71. The number of likely N-dealkylation sites (tertiary alicyclic amines) is 1. The minimum atomic E-state index is -1.12. The number of carbonyl (C=O) groups is 1. The van der Waals surface area contributed by atoms with Crippen molar-refractivity contribution >= 4 is 5.91 Å². The number of piperidine rings is 1. The number of rotatable bonds is 5. The lowest BCUT2D eigenvalue weighted by Gasteiger charge is -2.38. The molecule has 25 heavy (non-hydrogen) atoms. The van der Waals surface area contributed by atoms with E-state index in [9.17, 15) is 9.90 Å². The number of aromatic nitrogens is 3. The van der Waals surface area contributed by atoms with Crippen LogP contribution in [0, 0.1) is 0 Å². The van der Waals surface area contributed by atoms with E-state index in [1.165, 1.54) is 19.3 Å². The van der Waals surface area contributed by atoms with Crippen molar-refractivity contribution < 1.29 is 14.6 Å². The van der Waals surface area contributed by atoms with Crippen LogP contribution in [0.1, 0.15) is 70.5 Å². The summed E-state index contributed by atoms with van der Waals surface area (Å²) in [6.07, 6.45) is 9.10. The Kier molecular flexibility index (Phi) is 5.74. The van der Waals surface area contributed by atoms with Crippen molar-refractivity contribution in [2.24, 2.45) is 0 Å². The van der Waals surface area contributed by atoms with Gasteiger partial charge in [0, 0.05) is 12.6 Å². The second kappa shape index (κ2) is 7.83. The lowest BCUT2D eigenvalue weighted by molar-refractivity contribution is -0.146. The SMILES string of the molecule is CC(C)n1cc([C@]2(O)CCCN(C(=O)COC3CCCCC3)C2)nn1. The van der Waals surface area contributed by atoms with Crippen molar-refractivity contribution in [3.05, 3.63) is 11.9 Å². The molecule has 1 aromatic heterocycles. The quantitative estimate of drug-likeness (QED) is 0.879. The summed E-state index contributed by atoms with van der Waals surface area (Å²) in [6, 6.07) is 0.190. The molecule has 2 fully saturated rings. The molecule has 0 bridgehead atoms. The van der Waals surface area contributed by atoms with Gasteiger partial charge >= 0.3 is 0 Å². The molecule has 1 saturated heterocycles. The molecule has 1 amide bonds. The van der Waals surface area contributed by atoms with Gasteiger partial charge in [0.05, 0.1) is 18.8 Å². The Bertz CT molecular complexity index is 583. The lowest BCUT2D eigenvalue weighted by Crippen LogP contribution is -2.50. The number of β-amino-alcohol motifs (C(OH)–C–C–N with tert-alkyl or cyclic N) is 1. The molecule has 1 aliphatic heterocycles. The molecule has 7 nitrogen and oxygen atoms in total. The maximum Gasteiger partial charge on any atom is 0.248 e. The number of nitrogens with zero attached hydrogens (tertiary/aromatic N) is 4. The minimum absolute atomic E-state index is 0.0417. The molecule has 1 saturated carbocycles. The van der Waals surface area contributed by atoms with Crippen molar-refractivity contribution in [3.63, 3.8) is 0 Å². The first-order chi connectivity index (χ1) is 12.0. The van der Waals surface area contributed by atoms with E-state index in [1.807, 2.05) is 13.8 Å². The molecule has 0 unspecified atom stereocenters. The maximum atomic E-state index is 12.5. The Labute approximate surface area is 149 Å². The zero-order valence-corrected chi connectivity index (χ0v) is 15.4. The predicted octanol–water partition coefficient (Wildman–Crippen LogP) is 2.02. The second-order valence-corrected chi connectivity index (χ2v) is 7.70. The van der Waals surface area contributed by atoms with Crippen LogP contribution in [0.5, 0.6) is 0 Å². The van der Waals surface area contributed by atoms with Gasteiger partial charge in [-0.05, 0) is 39.5 Å². The van der Waals surface area contributed by atoms with Gasteiger partial charge in [-0.25, -0.2) is 4.68 Å². The van der Waals surface area contributed by atoms with Crippen LogP contribution in [0.4, 0.5) is 0 Å². The second-order valence-electron chi connectivity index (χ2n) is 7.70. The third kappa shape index (κ3) is 4.39. The molecule has 1 aliphatic carbocycles. The fraction of sp³-hybridized carbons (Fsp3) is 0.833. The van der Waals surface area contributed by atoms with E-state index in [0.717, 1.165) is 19.3 Å². The summed E-state index contributed by atoms with van der Waals surface area (Å²) in [5.41, 5.74) is -0.571. The highest BCUT2D eigenvalue weighted by Crippen LogP contribution is 2.30. The Hall–Kier alpha value is -1.47. The molecule has 2 heterocycles. The normalized spacial score (nSPS) is 25.5. The topological polar surface area (TPSA) is 80.5 Å². The van der Waals surface area contributed by atoms with E-state index in [1.54, 1.807) is 15.8 Å². The number of ether oxygens (including phenoxy) is 1. The fourth-order valence-corrected chi connectivity index (χ4v) is 3.71. The number of amides is 1. The minimum Gasteiger partial charge on any atom is -0.382 e. The first kappa shape index (κ1) is 18.3. The van der Waals surface area contributed by atoms with E-state index in [4.69, 9.17) is 4.74 Å². The van der Waals surface area contributed by atoms with Crippen LogP contribution in [0.15, 0.2) is 6.20 Å². The van der Waals surface area contributed by atoms with E-state index in [-0.39, 0.29) is 31.2 Å². The van der Waals surface area contributed by atoms with Gasteiger partial charge in [-0.1, -0.05) is 24.5 Å². The maximum absolute atomic E-state index is 12.5. The van der Waals surface area contributed by atoms with Crippen LogP contribution >= 0.6 is 0 Å². The number of aliphatic hydroxyl groups is 1. The summed E-state index contributed by atoms with van der Waals surface area (Å²) >= 11 is 0. The van der Waals surface area contributed by atoms with Gasteiger partial charge in [-0.3, -0.25) is 4.79 Å². The molecule has 0 spiro atoms. The van der Waals surface area contributed by atoms with Gasteiger partial charge in [-0.2, -0.15) is 0 Å². The molecular formula is C18H30N4O3. The first-order valence-electron chi connectivity index (χ1n) is 9.52. The van der Waals surface area contributed by atoms with E-state index in [2.05, 4.69) is 10.3 Å². The third-order valence-corrected chi connectivity index (χ3v) is 5.33. The molecule has 2 aliphatic rings.